The lowest BCUT2D eigenvalue weighted by Crippen LogP contribution is -2.08. The summed E-state index contributed by atoms with van der Waals surface area (Å²) in [6.07, 6.45) is 23.8. The van der Waals surface area contributed by atoms with Gasteiger partial charge in [0.15, 0.2) is 0 Å². The predicted molar refractivity (Wildman–Crippen MR) is 85.5 cm³/mol. The molecule has 4 rings (SSSR count). The molecule has 0 nitrogen and oxygen atoms in total. The Bertz CT molecular complexity index is 464. The monoisotopic (exact) mass is 266 g/mol. The minimum Gasteiger partial charge on any atom is -0.0771 e. The van der Waals surface area contributed by atoms with Crippen LogP contribution >= 0.6 is 0 Å². The van der Waals surface area contributed by atoms with E-state index in [1.165, 1.54) is 64.2 Å². The summed E-state index contributed by atoms with van der Waals surface area (Å²) < 4.78 is 0. The summed E-state index contributed by atoms with van der Waals surface area (Å²) in [5.74, 6) is 1.57. The Morgan fingerprint density at radius 2 is 1.10 bits per heavy atom. The van der Waals surface area contributed by atoms with Crippen molar-refractivity contribution in [1.82, 2.24) is 0 Å². The van der Waals surface area contributed by atoms with E-state index in [0.717, 1.165) is 11.8 Å². The van der Waals surface area contributed by atoms with E-state index in [1.54, 1.807) is 22.3 Å². The molecule has 0 aromatic rings. The van der Waals surface area contributed by atoms with Gasteiger partial charge >= 0.3 is 0 Å². The van der Waals surface area contributed by atoms with E-state index in [2.05, 4.69) is 24.3 Å². The first-order valence-corrected chi connectivity index (χ1v) is 8.72. The fourth-order valence-electron chi connectivity index (χ4n) is 4.73. The first-order chi connectivity index (χ1) is 9.92. The van der Waals surface area contributed by atoms with Crippen molar-refractivity contribution < 1.29 is 0 Å². The van der Waals surface area contributed by atoms with E-state index in [4.69, 9.17) is 0 Å². The molecule has 20 heavy (non-hydrogen) atoms. The van der Waals surface area contributed by atoms with Gasteiger partial charge in [0.05, 0.1) is 0 Å². The van der Waals surface area contributed by atoms with Gasteiger partial charge in [0, 0.05) is 0 Å². The molecule has 0 bridgehead atoms. The van der Waals surface area contributed by atoms with Crippen LogP contribution in [-0.2, 0) is 0 Å². The molecule has 2 atom stereocenters. The van der Waals surface area contributed by atoms with E-state index in [0.29, 0.717) is 0 Å². The van der Waals surface area contributed by atoms with Crippen LogP contribution in [0.5, 0.6) is 0 Å². The molecule has 0 heteroatoms. The zero-order valence-electron chi connectivity index (χ0n) is 12.5. The maximum absolute atomic E-state index is 2.50. The highest BCUT2D eigenvalue weighted by Gasteiger charge is 2.26. The average molecular weight is 266 g/mol. The van der Waals surface area contributed by atoms with Crippen LogP contribution in [0.3, 0.4) is 0 Å². The normalized spacial score (nSPS) is 32.0. The molecule has 0 radical (unpaired) electrons. The molecule has 0 N–H and O–H groups in total. The van der Waals surface area contributed by atoms with Crippen molar-refractivity contribution in [3.63, 3.8) is 0 Å². The van der Waals surface area contributed by atoms with E-state index in [-0.39, 0.29) is 0 Å². The fraction of sp³-hybridized carbons (Fsp3) is 0.600. The second-order valence-electron chi connectivity index (χ2n) is 7.02. The third kappa shape index (κ3) is 2.24. The van der Waals surface area contributed by atoms with Crippen LogP contribution in [0.2, 0.25) is 0 Å². The maximum Gasteiger partial charge on any atom is -0.00139 e. The Morgan fingerprint density at radius 1 is 0.650 bits per heavy atom. The van der Waals surface area contributed by atoms with Crippen LogP contribution < -0.4 is 0 Å². The lowest BCUT2D eigenvalue weighted by Gasteiger charge is -2.23. The minimum atomic E-state index is 0.784. The molecule has 4 aliphatic carbocycles. The van der Waals surface area contributed by atoms with Gasteiger partial charge in [-0.05, 0) is 87.2 Å². The molecule has 4 aliphatic rings. The van der Waals surface area contributed by atoms with Gasteiger partial charge in [0.25, 0.3) is 0 Å². The predicted octanol–water partition coefficient (Wildman–Crippen LogP) is 5.88. The second kappa shape index (κ2) is 5.39. The van der Waals surface area contributed by atoms with Crippen molar-refractivity contribution in [1.29, 1.82) is 0 Å². The fourth-order valence-corrected chi connectivity index (χ4v) is 4.73. The van der Waals surface area contributed by atoms with Crippen molar-refractivity contribution in [3.8, 4) is 0 Å². The van der Waals surface area contributed by atoms with Gasteiger partial charge in [0.2, 0.25) is 0 Å². The van der Waals surface area contributed by atoms with Crippen LogP contribution in [0.1, 0.15) is 64.2 Å². The van der Waals surface area contributed by atoms with Gasteiger partial charge in [-0.2, -0.15) is 0 Å². The Kier molecular flexibility index (Phi) is 3.42. The molecule has 0 aromatic carbocycles. The maximum atomic E-state index is 2.50. The number of hydrogen-bond donors (Lipinski definition) is 0. The van der Waals surface area contributed by atoms with Crippen molar-refractivity contribution in [2.75, 3.05) is 0 Å². The summed E-state index contributed by atoms with van der Waals surface area (Å²) in [7, 11) is 0. The molecular formula is C20H26. The molecule has 0 heterocycles. The van der Waals surface area contributed by atoms with Crippen LogP contribution in [-0.4, -0.2) is 0 Å². The van der Waals surface area contributed by atoms with E-state index in [1.807, 2.05) is 0 Å². The SMILES string of the molecule is C1=C[C@H](CC[C@H]2C=CC3=C2CCCC3)C2=C1CCCC2. The van der Waals surface area contributed by atoms with Crippen LogP contribution in [0.25, 0.3) is 0 Å². The summed E-state index contributed by atoms with van der Waals surface area (Å²) in [5.41, 5.74) is 6.99. The molecule has 0 fully saturated rings. The van der Waals surface area contributed by atoms with Crippen LogP contribution in [0.4, 0.5) is 0 Å². The van der Waals surface area contributed by atoms with Gasteiger partial charge in [0.1, 0.15) is 0 Å². The zero-order chi connectivity index (χ0) is 13.4. The average Bonchev–Trinajstić information content (AvgIpc) is 3.09. The Labute approximate surface area is 123 Å². The standard InChI is InChI=1S/C20H26/c1-3-7-19-15(5-1)9-11-17(19)13-14-18-12-10-16-6-2-4-8-20(16)18/h9-12,17-18H,1-8,13-14H2/t17-,18-/m1/s1. The van der Waals surface area contributed by atoms with Gasteiger partial charge in [-0.3, -0.25) is 0 Å². The number of hydrogen-bond acceptors (Lipinski definition) is 0. The van der Waals surface area contributed by atoms with Crippen molar-refractivity contribution in [3.05, 3.63) is 46.6 Å². The summed E-state index contributed by atoms with van der Waals surface area (Å²) in [4.78, 5) is 0. The Morgan fingerprint density at radius 3 is 1.60 bits per heavy atom. The van der Waals surface area contributed by atoms with E-state index >= 15 is 0 Å². The molecule has 0 spiro atoms. The van der Waals surface area contributed by atoms with E-state index < -0.39 is 0 Å². The minimum absolute atomic E-state index is 0.784. The van der Waals surface area contributed by atoms with Gasteiger partial charge in [-0.15, -0.1) is 0 Å². The summed E-state index contributed by atoms with van der Waals surface area (Å²) in [6, 6.07) is 0. The third-order valence-electron chi connectivity index (χ3n) is 5.85. The summed E-state index contributed by atoms with van der Waals surface area (Å²) >= 11 is 0. The lowest BCUT2D eigenvalue weighted by atomic mass is 9.82. The van der Waals surface area contributed by atoms with Crippen LogP contribution in [0, 0.1) is 11.8 Å². The smallest absolute Gasteiger partial charge is 0.00139 e. The Balaban J connectivity index is 1.40. The van der Waals surface area contributed by atoms with Gasteiger partial charge < -0.3 is 0 Å². The zero-order valence-corrected chi connectivity index (χ0v) is 12.5. The topological polar surface area (TPSA) is 0 Å². The van der Waals surface area contributed by atoms with Crippen molar-refractivity contribution >= 4 is 0 Å². The highest BCUT2D eigenvalue weighted by molar-refractivity contribution is 5.40. The lowest BCUT2D eigenvalue weighted by molar-refractivity contribution is 0.521. The first-order valence-electron chi connectivity index (χ1n) is 8.72. The molecule has 0 saturated heterocycles. The van der Waals surface area contributed by atoms with Gasteiger partial charge in [-0.25, -0.2) is 0 Å². The van der Waals surface area contributed by atoms with Gasteiger partial charge in [-0.1, -0.05) is 35.5 Å². The number of allylic oxidation sites excluding steroid dienone is 8. The first kappa shape index (κ1) is 12.7. The Hall–Kier alpha value is -1.04. The quantitative estimate of drug-likeness (QED) is 0.598. The second-order valence-corrected chi connectivity index (χ2v) is 7.02. The molecule has 106 valence electrons. The molecule has 0 unspecified atom stereocenters. The molecule has 0 aromatic heterocycles. The largest absolute Gasteiger partial charge is 0.0771 e. The third-order valence-corrected chi connectivity index (χ3v) is 5.85. The van der Waals surface area contributed by atoms with Crippen molar-refractivity contribution in [2.45, 2.75) is 64.2 Å². The number of rotatable bonds is 3. The molecule has 0 aliphatic heterocycles. The summed E-state index contributed by atoms with van der Waals surface area (Å²) in [6.45, 7) is 0. The molecule has 0 amide bonds. The van der Waals surface area contributed by atoms with Crippen molar-refractivity contribution in [2.24, 2.45) is 11.8 Å². The highest BCUT2D eigenvalue weighted by atomic mass is 14.3. The molecule has 0 saturated carbocycles. The highest BCUT2D eigenvalue weighted by Crippen LogP contribution is 2.42. The van der Waals surface area contributed by atoms with E-state index in [9.17, 15) is 0 Å². The summed E-state index contributed by atoms with van der Waals surface area (Å²) in [5, 5.41) is 0. The molecular weight excluding hydrogens is 240 g/mol. The van der Waals surface area contributed by atoms with Crippen LogP contribution in [0.15, 0.2) is 46.6 Å².